The maximum atomic E-state index is 13.3. The minimum atomic E-state index is -4.05. The highest BCUT2D eigenvalue weighted by atomic mass is 32.2. The molecule has 4 rings (SSSR count). The number of fused-ring (bicyclic) bond motifs is 1. The Morgan fingerprint density at radius 2 is 1.54 bits per heavy atom. The molecule has 0 aliphatic rings. The predicted octanol–water partition coefficient (Wildman–Crippen LogP) is 7.21. The van der Waals surface area contributed by atoms with Crippen molar-refractivity contribution in [3.8, 4) is 11.5 Å². The normalized spacial score (nSPS) is 12.4. The standard InChI is InChI=1S/C34H36N6O14S3/c1-20(41)30(34(46)36-22-8-4-2-5-9-22)39-37-23-12-11-21-16-27(55-53-51-47)31(32(44)25(21)17-23)40-38-26-18-24(19-28(33(26)45)56-54-52-48)57(49,50)15-14-35-13-7-3-6-10-29(42)43/h2,4-5,8-9,11-12,16-19,30,35,44-45,47-48H,3,6-7,10,13-15H2,1H3,(H,36,46)(H,42,43). The van der Waals surface area contributed by atoms with Gasteiger partial charge in [-0.3, -0.25) is 14.4 Å². The maximum absolute atomic E-state index is 13.3. The largest absolute Gasteiger partial charge is 0.505 e. The average molecular weight is 849 g/mol. The van der Waals surface area contributed by atoms with E-state index in [9.17, 15) is 33.0 Å². The number of carbonyl (C=O) groups excluding carboxylic acids is 2. The van der Waals surface area contributed by atoms with Crippen LogP contribution in [0, 0.1) is 0 Å². The molecule has 0 aliphatic carbocycles. The third-order valence-corrected chi connectivity index (χ3v) is 10.7. The molecule has 23 heteroatoms. The second-order valence-corrected chi connectivity index (χ2v) is 15.4. The van der Waals surface area contributed by atoms with Crippen LogP contribution in [-0.4, -0.2) is 76.8 Å². The zero-order valence-electron chi connectivity index (χ0n) is 29.8. The third kappa shape index (κ3) is 13.2. The summed E-state index contributed by atoms with van der Waals surface area (Å²) in [5, 5.41) is 78.0. The summed E-state index contributed by atoms with van der Waals surface area (Å²) in [4.78, 5) is 35.2. The number of unbranched alkanes of at least 4 members (excludes halogenated alkanes) is 2. The first-order valence-corrected chi connectivity index (χ1v) is 19.8. The van der Waals surface area contributed by atoms with E-state index >= 15 is 0 Å². The van der Waals surface area contributed by atoms with Gasteiger partial charge in [0.25, 0.3) is 5.91 Å². The van der Waals surface area contributed by atoms with E-state index in [0.29, 0.717) is 48.9 Å². The number of carbonyl (C=O) groups is 3. The van der Waals surface area contributed by atoms with Crippen molar-refractivity contribution in [3.63, 3.8) is 0 Å². The molecule has 4 aromatic rings. The number of amides is 1. The molecule has 1 atom stereocenters. The summed E-state index contributed by atoms with van der Waals surface area (Å²) >= 11 is 0.668. The monoisotopic (exact) mass is 848 g/mol. The molecule has 20 nitrogen and oxygen atoms in total. The SMILES string of the molecule is CC(=O)C(N=Nc1ccc2cc(SOOO)c(N=Nc3cc(S(=O)(=O)CCNCCCCCC(=O)O)cc(SOOO)c3O)c(O)c2c1)C(=O)Nc1ccccc1. The summed E-state index contributed by atoms with van der Waals surface area (Å²) in [7, 11) is -4.05. The Labute approximate surface area is 333 Å². The topological polar surface area (TPSA) is 297 Å². The molecule has 0 spiro atoms. The summed E-state index contributed by atoms with van der Waals surface area (Å²) in [6.07, 6.45) is 1.81. The van der Waals surface area contributed by atoms with Crippen LogP contribution in [0.5, 0.6) is 11.5 Å². The summed E-state index contributed by atoms with van der Waals surface area (Å²) < 4.78 is 35.6. The summed E-state index contributed by atoms with van der Waals surface area (Å²) in [5.74, 6) is -3.76. The number of para-hydroxylation sites is 1. The van der Waals surface area contributed by atoms with E-state index in [1.54, 1.807) is 30.3 Å². The third-order valence-electron chi connectivity index (χ3n) is 7.75. The van der Waals surface area contributed by atoms with Crippen LogP contribution in [0.3, 0.4) is 0 Å². The number of Topliss-reactive ketones (excluding diaryl/α,β-unsaturated/α-hetero) is 1. The highest BCUT2D eigenvalue weighted by molar-refractivity contribution is 7.95. The van der Waals surface area contributed by atoms with Gasteiger partial charge >= 0.3 is 5.97 Å². The summed E-state index contributed by atoms with van der Waals surface area (Å²) in [6, 6.07) is 14.8. The minimum absolute atomic E-state index is 0.0188. The van der Waals surface area contributed by atoms with E-state index in [-0.39, 0.29) is 62.2 Å². The molecule has 57 heavy (non-hydrogen) atoms. The molecule has 0 bridgehead atoms. The highest BCUT2D eigenvalue weighted by Gasteiger charge is 2.24. The van der Waals surface area contributed by atoms with E-state index in [4.69, 9.17) is 15.6 Å². The number of phenolic OH excluding ortho intramolecular Hbond substituents is 2. The molecule has 4 aromatic carbocycles. The van der Waals surface area contributed by atoms with Gasteiger partial charge in [-0.15, -0.1) is 18.9 Å². The first-order chi connectivity index (χ1) is 27.3. The molecule has 0 radical (unpaired) electrons. The van der Waals surface area contributed by atoms with Gasteiger partial charge in [-0.25, -0.2) is 18.9 Å². The van der Waals surface area contributed by atoms with Gasteiger partial charge in [0, 0.05) is 24.0 Å². The quantitative estimate of drug-likeness (QED) is 0.00968. The van der Waals surface area contributed by atoms with Gasteiger partial charge in [0.2, 0.25) is 6.04 Å². The Kier molecular flexibility index (Phi) is 17.2. The number of benzene rings is 4. The summed E-state index contributed by atoms with van der Waals surface area (Å²) in [6.45, 7) is 1.67. The van der Waals surface area contributed by atoms with Crippen LogP contribution < -0.4 is 10.6 Å². The Hall–Kier alpha value is -5.08. The second kappa shape index (κ2) is 22.0. The van der Waals surface area contributed by atoms with Gasteiger partial charge < -0.3 is 26.0 Å². The van der Waals surface area contributed by atoms with Gasteiger partial charge in [0.15, 0.2) is 27.1 Å². The molecular formula is C34H36N6O14S3. The van der Waals surface area contributed by atoms with E-state index in [2.05, 4.69) is 49.8 Å². The van der Waals surface area contributed by atoms with Crippen molar-refractivity contribution < 1.29 is 67.4 Å². The van der Waals surface area contributed by atoms with Crippen molar-refractivity contribution in [2.45, 2.75) is 53.3 Å². The molecule has 304 valence electrons. The number of carboxylic acids is 1. The number of azo groups is 2. The first-order valence-electron chi connectivity index (χ1n) is 16.6. The van der Waals surface area contributed by atoms with Crippen LogP contribution in [0.4, 0.5) is 22.7 Å². The van der Waals surface area contributed by atoms with Gasteiger partial charge in [-0.2, -0.15) is 10.2 Å². The number of anilines is 1. The lowest BCUT2D eigenvalue weighted by atomic mass is 10.1. The summed E-state index contributed by atoms with van der Waals surface area (Å²) in [5.41, 5.74) is -0.174. The van der Waals surface area contributed by atoms with Crippen molar-refractivity contribution >= 4 is 85.1 Å². The number of aliphatic carboxylic acids is 1. The minimum Gasteiger partial charge on any atom is -0.505 e. The zero-order valence-corrected chi connectivity index (χ0v) is 32.3. The van der Waals surface area contributed by atoms with E-state index < -0.39 is 50.7 Å². The molecule has 1 unspecified atom stereocenters. The van der Waals surface area contributed by atoms with Crippen LogP contribution in [-0.2, 0) is 43.0 Å². The second-order valence-electron chi connectivity index (χ2n) is 11.8. The van der Waals surface area contributed by atoms with Gasteiger partial charge in [0.1, 0.15) is 11.4 Å². The molecule has 7 N–H and O–H groups in total. The van der Waals surface area contributed by atoms with Crippen LogP contribution in [0.1, 0.15) is 32.6 Å². The average Bonchev–Trinajstić information content (AvgIpc) is 3.18. The number of phenols is 2. The van der Waals surface area contributed by atoms with E-state index in [1.165, 1.54) is 31.2 Å². The lowest BCUT2D eigenvalue weighted by Crippen LogP contribution is -2.31. The van der Waals surface area contributed by atoms with Crippen LogP contribution in [0.25, 0.3) is 10.8 Å². The molecular weight excluding hydrogens is 813 g/mol. The van der Waals surface area contributed by atoms with Crippen molar-refractivity contribution in [3.05, 3.63) is 66.7 Å². The molecule has 0 aliphatic heterocycles. The van der Waals surface area contributed by atoms with E-state index in [1.807, 2.05) is 0 Å². The number of ketones is 1. The Morgan fingerprint density at radius 1 is 0.825 bits per heavy atom. The smallest absolute Gasteiger partial charge is 0.303 e. The Bertz CT molecular complexity index is 2210. The molecule has 1 amide bonds. The number of hydrogen-bond donors (Lipinski definition) is 7. The highest BCUT2D eigenvalue weighted by Crippen LogP contribution is 2.46. The Morgan fingerprint density at radius 3 is 2.23 bits per heavy atom. The number of sulfone groups is 1. The van der Waals surface area contributed by atoms with Crippen molar-refractivity contribution in [1.82, 2.24) is 5.32 Å². The van der Waals surface area contributed by atoms with Crippen LogP contribution in [0.15, 0.2) is 102 Å². The lowest BCUT2D eigenvalue weighted by Gasteiger charge is -2.12. The zero-order chi connectivity index (χ0) is 41.4. The van der Waals surface area contributed by atoms with Gasteiger partial charge in [0.05, 0.1) is 50.2 Å². The van der Waals surface area contributed by atoms with Crippen LogP contribution in [0.2, 0.25) is 0 Å². The molecule has 0 fully saturated rings. The fourth-order valence-electron chi connectivity index (χ4n) is 4.97. The van der Waals surface area contributed by atoms with Gasteiger partial charge in [-0.05, 0) is 74.2 Å². The number of hydrogen-bond acceptors (Lipinski definition) is 20. The maximum Gasteiger partial charge on any atom is 0.303 e. The lowest BCUT2D eigenvalue weighted by molar-refractivity contribution is -0.432. The number of nitrogens with one attached hydrogen (secondary N) is 2. The Balaban J connectivity index is 1.64. The molecule has 0 aromatic heterocycles. The van der Waals surface area contributed by atoms with Gasteiger partial charge in [-0.1, -0.05) is 40.8 Å². The van der Waals surface area contributed by atoms with Crippen molar-refractivity contribution in [1.29, 1.82) is 0 Å². The number of aromatic hydroxyl groups is 2. The molecule has 0 saturated heterocycles. The van der Waals surface area contributed by atoms with Crippen molar-refractivity contribution in [2.75, 3.05) is 24.2 Å². The predicted molar refractivity (Wildman–Crippen MR) is 204 cm³/mol. The van der Waals surface area contributed by atoms with E-state index in [0.717, 1.165) is 12.1 Å². The fraction of sp³-hybridized carbons (Fsp3) is 0.265. The number of carboxylic acid groups (broad SMARTS) is 1. The van der Waals surface area contributed by atoms with Crippen LogP contribution >= 0.6 is 24.1 Å². The first kappa shape index (κ1) is 44.6. The molecule has 0 heterocycles. The number of rotatable bonds is 23. The number of nitrogens with zero attached hydrogens (tertiary/aromatic N) is 4. The fourth-order valence-corrected chi connectivity index (χ4v) is 7.24. The molecule has 0 saturated carbocycles. The van der Waals surface area contributed by atoms with Crippen molar-refractivity contribution in [2.24, 2.45) is 20.5 Å².